The number of nitrogens with one attached hydrogen (secondary N) is 2. The Balaban J connectivity index is 0.000000156. The molecule has 0 unspecified atom stereocenters. The average Bonchev–Trinajstić information content (AvgIpc) is 4.12. The fourth-order valence-corrected chi connectivity index (χ4v) is 7.49. The first-order valence-corrected chi connectivity index (χ1v) is 19.1. The van der Waals surface area contributed by atoms with Gasteiger partial charge in [0.2, 0.25) is 29.1 Å². The number of anilines is 2. The number of ether oxygens (including phenoxy) is 3. The van der Waals surface area contributed by atoms with Crippen LogP contribution in [0, 0.1) is 24.8 Å². The van der Waals surface area contributed by atoms with E-state index in [1.165, 1.54) is 12.1 Å². The number of nitrogens with zero attached hydrogens (tertiary/aromatic N) is 9. The summed E-state index contributed by atoms with van der Waals surface area (Å²) in [5.74, 6) is 2.63. The highest BCUT2D eigenvalue weighted by molar-refractivity contribution is 6.03. The number of ketones is 1. The summed E-state index contributed by atoms with van der Waals surface area (Å²) in [7, 11) is 1.55. The molecule has 5 aromatic heterocycles. The van der Waals surface area contributed by atoms with Crippen molar-refractivity contribution in [1.29, 1.82) is 0 Å². The predicted octanol–water partition coefficient (Wildman–Crippen LogP) is 7.92. The molecule has 0 radical (unpaired) electrons. The second kappa shape index (κ2) is 16.2. The number of rotatable bonds is 9. The van der Waals surface area contributed by atoms with E-state index >= 15 is 0 Å². The van der Waals surface area contributed by atoms with Crippen molar-refractivity contribution in [2.75, 3.05) is 31.0 Å². The van der Waals surface area contributed by atoms with Crippen molar-refractivity contribution in [3.8, 4) is 28.5 Å². The quantitative estimate of drug-likeness (QED) is 0.137. The highest BCUT2D eigenvalue weighted by Gasteiger charge is 2.23. The van der Waals surface area contributed by atoms with Crippen LogP contribution >= 0.6 is 0 Å². The lowest BCUT2D eigenvalue weighted by atomic mass is 10.0. The minimum absolute atomic E-state index is 0.000405. The van der Waals surface area contributed by atoms with Crippen LogP contribution < -0.4 is 24.8 Å². The number of benzene rings is 2. The molecule has 0 amide bonds. The molecule has 0 saturated heterocycles. The van der Waals surface area contributed by atoms with Gasteiger partial charge < -0.3 is 34.5 Å². The van der Waals surface area contributed by atoms with E-state index in [4.69, 9.17) is 27.4 Å². The van der Waals surface area contributed by atoms with Crippen molar-refractivity contribution in [3.63, 3.8) is 0 Å². The topological polar surface area (TPSA) is 151 Å². The van der Waals surface area contributed by atoms with Crippen LogP contribution in [0.4, 0.5) is 32.3 Å². The van der Waals surface area contributed by atoms with Crippen LogP contribution in [0.1, 0.15) is 34.2 Å². The van der Waals surface area contributed by atoms with Crippen LogP contribution in [0.2, 0.25) is 0 Å². The molecule has 61 heavy (non-hydrogen) atoms. The van der Waals surface area contributed by atoms with Gasteiger partial charge in [-0.2, -0.15) is 0 Å². The number of hydrogen-bond acceptors (Lipinski definition) is 11. The summed E-state index contributed by atoms with van der Waals surface area (Å²) in [6.07, 6.45) is 15.0. The van der Waals surface area contributed by atoms with Crippen LogP contribution in [-0.4, -0.2) is 59.8 Å². The Morgan fingerprint density at radius 2 is 1.38 bits per heavy atom. The second-order valence-corrected chi connectivity index (χ2v) is 14.0. The SMILES string of the molecule is [C-]#[N+]c1cn2c(NCc3c(F)ccc4c3CCO4)ncc(-c3ccnc(OC)c3)c2n1.[C-]#[N+]c1cn2c(NCc3c(F)ccc4c3CCO4)ncc(C3=CC(=O)CC=C3)c2n1. The number of pyridine rings is 1. The number of aromatic nitrogens is 7. The summed E-state index contributed by atoms with van der Waals surface area (Å²) in [5, 5.41) is 6.35. The van der Waals surface area contributed by atoms with E-state index < -0.39 is 0 Å². The van der Waals surface area contributed by atoms with Crippen LogP contribution in [0.5, 0.6) is 17.4 Å². The van der Waals surface area contributed by atoms with E-state index in [9.17, 15) is 13.6 Å². The third-order valence-electron chi connectivity index (χ3n) is 10.4. The fraction of sp³-hybridized carbons (Fsp3) is 0.182. The Bertz CT molecular complexity index is 3050. The number of methoxy groups -OCH3 is 1. The summed E-state index contributed by atoms with van der Waals surface area (Å²) in [5.41, 5.74) is 6.77. The van der Waals surface area contributed by atoms with Gasteiger partial charge in [0.15, 0.2) is 5.78 Å². The van der Waals surface area contributed by atoms with Crippen LogP contribution in [-0.2, 0) is 30.7 Å². The van der Waals surface area contributed by atoms with Crippen molar-refractivity contribution in [2.24, 2.45) is 0 Å². The Morgan fingerprint density at radius 3 is 1.93 bits per heavy atom. The zero-order valence-electron chi connectivity index (χ0n) is 32.4. The minimum Gasteiger partial charge on any atom is -0.493 e. The third kappa shape index (κ3) is 7.40. The molecule has 2 N–H and O–H groups in total. The van der Waals surface area contributed by atoms with Crippen molar-refractivity contribution in [1.82, 2.24) is 33.7 Å². The maximum atomic E-state index is 14.5. The summed E-state index contributed by atoms with van der Waals surface area (Å²) < 4.78 is 48.6. The van der Waals surface area contributed by atoms with Gasteiger partial charge in [-0.25, -0.2) is 23.7 Å². The molecule has 0 saturated carbocycles. The van der Waals surface area contributed by atoms with Crippen molar-refractivity contribution < 1.29 is 27.8 Å². The number of imidazole rings is 2. The highest BCUT2D eigenvalue weighted by Crippen LogP contribution is 2.34. The zero-order valence-corrected chi connectivity index (χ0v) is 32.4. The molecule has 10 rings (SSSR count). The van der Waals surface area contributed by atoms with Crippen LogP contribution in [0.15, 0.2) is 85.6 Å². The number of allylic oxidation sites excluding steroid dienone is 4. The second-order valence-electron chi connectivity index (χ2n) is 14.0. The largest absolute Gasteiger partial charge is 0.493 e. The first-order chi connectivity index (χ1) is 29.8. The molecular weight excluding hydrogens is 785 g/mol. The molecule has 17 heteroatoms. The van der Waals surface area contributed by atoms with Crippen molar-refractivity contribution >= 4 is 46.2 Å². The van der Waals surface area contributed by atoms with Crippen LogP contribution in [0.25, 0.3) is 37.7 Å². The lowest BCUT2D eigenvalue weighted by Crippen LogP contribution is -2.10. The van der Waals surface area contributed by atoms with E-state index in [1.54, 1.807) is 77.2 Å². The molecule has 3 aliphatic rings. The molecule has 302 valence electrons. The molecule has 15 nitrogen and oxygen atoms in total. The maximum Gasteiger partial charge on any atom is 0.288 e. The molecule has 1 aliphatic carbocycles. The summed E-state index contributed by atoms with van der Waals surface area (Å²) in [4.78, 5) is 40.6. The van der Waals surface area contributed by atoms with E-state index in [0.29, 0.717) is 89.6 Å². The molecule has 2 aliphatic heterocycles. The molecule has 7 aromatic rings. The Kier molecular flexibility index (Phi) is 10.2. The smallest absolute Gasteiger partial charge is 0.288 e. The minimum atomic E-state index is -0.303. The number of fused-ring (bicyclic) bond motifs is 4. The molecule has 7 heterocycles. The molecular formula is C44H33F2N11O4. The van der Waals surface area contributed by atoms with Gasteiger partial charge in [0.25, 0.3) is 11.6 Å². The first-order valence-electron chi connectivity index (χ1n) is 19.1. The van der Waals surface area contributed by atoms with Crippen molar-refractivity contribution in [2.45, 2.75) is 32.4 Å². The summed E-state index contributed by atoms with van der Waals surface area (Å²) >= 11 is 0. The maximum absolute atomic E-state index is 14.5. The van der Waals surface area contributed by atoms with Gasteiger partial charge in [0.1, 0.15) is 23.1 Å². The van der Waals surface area contributed by atoms with Gasteiger partial charge in [-0.3, -0.25) is 13.6 Å². The monoisotopic (exact) mass is 817 g/mol. The number of carbonyl (C=O) groups is 1. The van der Waals surface area contributed by atoms with Gasteiger partial charge in [-0.05, 0) is 47.5 Å². The molecule has 0 atom stereocenters. The van der Waals surface area contributed by atoms with Gasteiger partial charge in [0, 0.05) is 91.7 Å². The Morgan fingerprint density at radius 1 is 0.803 bits per heavy atom. The van der Waals surface area contributed by atoms with Crippen molar-refractivity contribution in [3.05, 3.63) is 148 Å². The molecule has 0 bridgehead atoms. The molecule has 0 fully saturated rings. The predicted molar refractivity (Wildman–Crippen MR) is 221 cm³/mol. The number of carbonyl (C=O) groups excluding carboxylic acids is 1. The Hall–Kier alpha value is -8.18. The zero-order chi connectivity index (χ0) is 42.0. The summed E-state index contributed by atoms with van der Waals surface area (Å²) in [6, 6.07) is 9.73. The van der Waals surface area contributed by atoms with E-state index in [2.05, 4.69) is 45.2 Å². The first kappa shape index (κ1) is 38.3. The van der Waals surface area contributed by atoms with E-state index in [1.807, 2.05) is 12.1 Å². The van der Waals surface area contributed by atoms with Gasteiger partial charge in [-0.1, -0.05) is 35.3 Å². The van der Waals surface area contributed by atoms with E-state index in [0.717, 1.165) is 28.0 Å². The number of halogens is 2. The standard InChI is InChI=1S/C22H17FN6O2.C22H16FN5O2/c1-24-19-12-29-21(28-19)15(13-5-7-25-20(9-13)30-2)10-26-22(29)27-11-16-14-6-8-31-18(14)4-3-17(16)23;1-24-20-12-28-21(27-20)16(13-3-2-4-14(29)9-13)10-25-22(28)26-11-17-15-7-8-30-19(15)6-5-18(17)23/h3-5,7,9-10,12H,6,8,11H2,2H3,(H,26,27);2-3,5-6,9-10,12H,4,7-8,11H2,(H,25,26). The fourth-order valence-electron chi connectivity index (χ4n) is 7.49. The Labute approximate surface area is 346 Å². The van der Waals surface area contributed by atoms with Gasteiger partial charge in [0.05, 0.1) is 31.5 Å². The average molecular weight is 818 g/mol. The molecule has 0 spiro atoms. The molecule has 2 aromatic carbocycles. The number of hydrogen-bond donors (Lipinski definition) is 2. The highest BCUT2D eigenvalue weighted by atomic mass is 19.1. The van der Waals surface area contributed by atoms with E-state index in [-0.39, 0.29) is 42.1 Å². The van der Waals surface area contributed by atoms with Gasteiger partial charge in [-0.15, -0.1) is 0 Å². The normalized spacial score (nSPS) is 13.6. The lowest BCUT2D eigenvalue weighted by Gasteiger charge is -2.13. The summed E-state index contributed by atoms with van der Waals surface area (Å²) in [6.45, 7) is 16.2. The van der Waals surface area contributed by atoms with Crippen LogP contribution in [0.3, 0.4) is 0 Å². The van der Waals surface area contributed by atoms with Gasteiger partial charge >= 0.3 is 0 Å². The lowest BCUT2D eigenvalue weighted by molar-refractivity contribution is -0.113. The third-order valence-corrected chi connectivity index (χ3v) is 10.4.